The molecule has 1 fully saturated rings. The Labute approximate surface area is 159 Å². The average Bonchev–Trinajstić information content (AvgIpc) is 2.64. The maximum atomic E-state index is 13.0. The van der Waals surface area contributed by atoms with Crippen LogP contribution < -0.4 is 5.32 Å². The van der Waals surface area contributed by atoms with Gasteiger partial charge in [-0.2, -0.15) is 0 Å². The molecule has 0 aliphatic carbocycles. The van der Waals surface area contributed by atoms with Gasteiger partial charge in [-0.25, -0.2) is 4.39 Å². The minimum Gasteiger partial charge on any atom is -0.349 e. The molecule has 26 heavy (non-hydrogen) atoms. The van der Waals surface area contributed by atoms with Crippen LogP contribution >= 0.6 is 11.6 Å². The van der Waals surface area contributed by atoms with Crippen molar-refractivity contribution in [3.63, 3.8) is 0 Å². The molecule has 0 radical (unpaired) electrons. The van der Waals surface area contributed by atoms with Gasteiger partial charge in [-0.1, -0.05) is 41.9 Å². The first-order valence-electron chi connectivity index (χ1n) is 9.04. The second-order valence-corrected chi connectivity index (χ2v) is 7.33. The van der Waals surface area contributed by atoms with Crippen LogP contribution in [0.1, 0.15) is 36.9 Å². The van der Waals surface area contributed by atoms with Gasteiger partial charge in [0.2, 0.25) is 5.91 Å². The van der Waals surface area contributed by atoms with E-state index >= 15 is 0 Å². The Morgan fingerprint density at radius 1 is 1.19 bits per heavy atom. The fraction of sp³-hybridized carbons (Fsp3) is 0.381. The predicted molar refractivity (Wildman–Crippen MR) is 102 cm³/mol. The molecule has 138 valence electrons. The lowest BCUT2D eigenvalue weighted by Crippen LogP contribution is -2.40. The van der Waals surface area contributed by atoms with Crippen LogP contribution in [-0.4, -0.2) is 23.9 Å². The minimum atomic E-state index is -0.266. The Morgan fingerprint density at radius 2 is 1.85 bits per heavy atom. The molecule has 2 aromatic carbocycles. The van der Waals surface area contributed by atoms with Gasteiger partial charge in [0, 0.05) is 17.5 Å². The number of benzene rings is 2. The highest BCUT2D eigenvalue weighted by atomic mass is 35.5. The van der Waals surface area contributed by atoms with E-state index in [9.17, 15) is 9.18 Å². The van der Waals surface area contributed by atoms with E-state index in [-0.39, 0.29) is 23.7 Å². The Kier molecular flexibility index (Phi) is 6.28. The van der Waals surface area contributed by atoms with E-state index in [1.54, 1.807) is 12.1 Å². The van der Waals surface area contributed by atoms with E-state index in [1.807, 2.05) is 31.2 Å². The standard InChI is InChI=1S/C21H24ClFN2O/c1-15(16-6-8-19(23)9-7-16)24-21(26)17-10-12-25(13-11-17)14-18-4-2-3-5-20(18)22/h2-9,15,17H,10-14H2,1H3,(H,24,26). The number of nitrogens with one attached hydrogen (secondary N) is 1. The molecule has 0 bridgehead atoms. The molecule has 3 nitrogen and oxygen atoms in total. The van der Waals surface area contributed by atoms with Gasteiger partial charge in [-0.15, -0.1) is 0 Å². The van der Waals surface area contributed by atoms with E-state index < -0.39 is 0 Å². The number of likely N-dealkylation sites (tertiary alicyclic amines) is 1. The number of carbonyl (C=O) groups excluding carboxylic acids is 1. The maximum Gasteiger partial charge on any atom is 0.223 e. The molecule has 0 spiro atoms. The lowest BCUT2D eigenvalue weighted by molar-refractivity contribution is -0.127. The molecule has 2 aromatic rings. The van der Waals surface area contributed by atoms with E-state index in [2.05, 4.69) is 10.2 Å². The summed E-state index contributed by atoms with van der Waals surface area (Å²) in [6, 6.07) is 14.0. The Bertz CT molecular complexity index is 742. The fourth-order valence-corrected chi connectivity index (χ4v) is 3.58. The van der Waals surface area contributed by atoms with Gasteiger partial charge in [0.15, 0.2) is 0 Å². The number of nitrogens with zero attached hydrogens (tertiary/aromatic N) is 1. The van der Waals surface area contributed by atoms with Gasteiger partial charge in [0.05, 0.1) is 6.04 Å². The van der Waals surface area contributed by atoms with Gasteiger partial charge in [0.1, 0.15) is 5.82 Å². The van der Waals surface area contributed by atoms with Crippen molar-refractivity contribution in [1.29, 1.82) is 0 Å². The van der Waals surface area contributed by atoms with Crippen LogP contribution in [0.4, 0.5) is 4.39 Å². The average molecular weight is 375 g/mol. The molecule has 0 saturated carbocycles. The summed E-state index contributed by atoms with van der Waals surface area (Å²) in [7, 11) is 0. The Hall–Kier alpha value is -1.91. The Morgan fingerprint density at radius 3 is 2.50 bits per heavy atom. The summed E-state index contributed by atoms with van der Waals surface area (Å²) < 4.78 is 13.0. The Balaban J connectivity index is 1.49. The van der Waals surface area contributed by atoms with E-state index in [1.165, 1.54) is 12.1 Å². The molecule has 1 N–H and O–H groups in total. The van der Waals surface area contributed by atoms with Crippen molar-refractivity contribution in [2.75, 3.05) is 13.1 Å². The van der Waals surface area contributed by atoms with Crippen LogP contribution in [0.2, 0.25) is 5.02 Å². The largest absolute Gasteiger partial charge is 0.349 e. The minimum absolute atomic E-state index is 0.0281. The van der Waals surface area contributed by atoms with Crippen LogP contribution in [0.15, 0.2) is 48.5 Å². The molecule has 1 amide bonds. The molecular weight excluding hydrogens is 351 g/mol. The first-order chi connectivity index (χ1) is 12.5. The van der Waals surface area contributed by atoms with Crippen LogP contribution in [0.25, 0.3) is 0 Å². The number of halogens is 2. The van der Waals surface area contributed by atoms with Crippen molar-refractivity contribution in [1.82, 2.24) is 10.2 Å². The summed E-state index contributed by atoms with van der Waals surface area (Å²) in [5.74, 6) is -0.155. The highest BCUT2D eigenvalue weighted by Crippen LogP contribution is 2.23. The zero-order valence-corrected chi connectivity index (χ0v) is 15.7. The second-order valence-electron chi connectivity index (χ2n) is 6.92. The molecule has 1 saturated heterocycles. The summed E-state index contributed by atoms with van der Waals surface area (Å²) in [6.45, 7) is 4.51. The molecular formula is C21H24ClFN2O. The van der Waals surface area contributed by atoms with Crippen molar-refractivity contribution >= 4 is 17.5 Å². The van der Waals surface area contributed by atoms with Crippen molar-refractivity contribution in [2.24, 2.45) is 5.92 Å². The molecule has 1 heterocycles. The zero-order valence-electron chi connectivity index (χ0n) is 14.9. The summed E-state index contributed by atoms with van der Waals surface area (Å²) in [5, 5.41) is 3.85. The summed E-state index contributed by atoms with van der Waals surface area (Å²) >= 11 is 6.23. The highest BCUT2D eigenvalue weighted by molar-refractivity contribution is 6.31. The summed E-state index contributed by atoms with van der Waals surface area (Å²) in [6.07, 6.45) is 1.68. The fourth-order valence-electron chi connectivity index (χ4n) is 3.39. The normalized spacial score (nSPS) is 17.0. The van der Waals surface area contributed by atoms with Crippen LogP contribution in [0, 0.1) is 11.7 Å². The molecule has 1 atom stereocenters. The lowest BCUT2D eigenvalue weighted by atomic mass is 9.95. The number of hydrogen-bond acceptors (Lipinski definition) is 2. The quantitative estimate of drug-likeness (QED) is 0.831. The van der Waals surface area contributed by atoms with Gasteiger partial charge in [0.25, 0.3) is 0 Å². The first-order valence-corrected chi connectivity index (χ1v) is 9.42. The SMILES string of the molecule is CC(NC(=O)C1CCN(Cc2ccccc2Cl)CC1)c1ccc(F)cc1. The number of hydrogen-bond donors (Lipinski definition) is 1. The number of amides is 1. The van der Waals surface area contributed by atoms with Crippen molar-refractivity contribution in [2.45, 2.75) is 32.4 Å². The van der Waals surface area contributed by atoms with Crippen molar-refractivity contribution < 1.29 is 9.18 Å². The van der Waals surface area contributed by atoms with E-state index in [0.29, 0.717) is 0 Å². The van der Waals surface area contributed by atoms with Crippen LogP contribution in [0.3, 0.4) is 0 Å². The number of piperidine rings is 1. The van der Waals surface area contributed by atoms with Crippen LogP contribution in [0.5, 0.6) is 0 Å². The lowest BCUT2D eigenvalue weighted by Gasteiger charge is -2.32. The third-order valence-electron chi connectivity index (χ3n) is 5.04. The zero-order chi connectivity index (χ0) is 18.5. The van der Waals surface area contributed by atoms with Gasteiger partial charge in [-0.05, 0) is 62.2 Å². The molecule has 5 heteroatoms. The van der Waals surface area contributed by atoms with Gasteiger partial charge in [-0.3, -0.25) is 9.69 Å². The first kappa shape index (κ1) is 18.9. The second kappa shape index (κ2) is 8.65. The molecule has 1 unspecified atom stereocenters. The topological polar surface area (TPSA) is 32.3 Å². The summed E-state index contributed by atoms with van der Waals surface area (Å²) in [5.41, 5.74) is 2.04. The van der Waals surface area contributed by atoms with Crippen molar-refractivity contribution in [3.05, 3.63) is 70.5 Å². The third kappa shape index (κ3) is 4.83. The highest BCUT2D eigenvalue weighted by Gasteiger charge is 2.26. The van der Waals surface area contributed by atoms with E-state index in [4.69, 9.17) is 11.6 Å². The molecule has 0 aromatic heterocycles. The van der Waals surface area contributed by atoms with E-state index in [0.717, 1.165) is 48.6 Å². The predicted octanol–water partition coefficient (Wildman–Crippen LogP) is 4.57. The molecule has 1 aliphatic heterocycles. The summed E-state index contributed by atoms with van der Waals surface area (Å²) in [4.78, 5) is 14.9. The monoisotopic (exact) mass is 374 g/mol. The van der Waals surface area contributed by atoms with Crippen LogP contribution in [-0.2, 0) is 11.3 Å². The smallest absolute Gasteiger partial charge is 0.223 e. The van der Waals surface area contributed by atoms with Gasteiger partial charge >= 0.3 is 0 Å². The number of carbonyl (C=O) groups is 1. The number of rotatable bonds is 5. The third-order valence-corrected chi connectivity index (χ3v) is 5.41. The van der Waals surface area contributed by atoms with Crippen molar-refractivity contribution in [3.8, 4) is 0 Å². The van der Waals surface area contributed by atoms with Gasteiger partial charge < -0.3 is 5.32 Å². The molecule has 1 aliphatic rings. The maximum absolute atomic E-state index is 13.0. The molecule has 3 rings (SSSR count).